The number of hydrogen-bond acceptors (Lipinski definition) is 4. The number of ether oxygens (including phenoxy) is 1. The SMILES string of the molecule is C=CC(C)/C(=C1/C(=O)C(CC2CCOCC2)CC1O)c1cnn(C)c1C. The predicted molar refractivity (Wildman–Crippen MR) is 102 cm³/mol. The van der Waals surface area contributed by atoms with E-state index in [0.29, 0.717) is 17.9 Å². The molecular formula is C21H30N2O3. The third kappa shape index (κ3) is 3.55. The normalized spacial score (nSPS) is 27.6. The molecule has 1 saturated heterocycles. The lowest BCUT2D eigenvalue weighted by Crippen LogP contribution is -2.21. The van der Waals surface area contributed by atoms with Crippen LogP contribution < -0.4 is 0 Å². The Labute approximate surface area is 155 Å². The van der Waals surface area contributed by atoms with Gasteiger partial charge in [0.05, 0.1) is 12.3 Å². The average molecular weight is 358 g/mol. The van der Waals surface area contributed by atoms with E-state index in [-0.39, 0.29) is 17.6 Å². The summed E-state index contributed by atoms with van der Waals surface area (Å²) >= 11 is 0. The molecule has 26 heavy (non-hydrogen) atoms. The predicted octanol–water partition coefficient (Wildman–Crippen LogP) is 3.07. The standard InChI is InChI=1S/C21H30N2O3/c1-5-13(2)19(17-12-22-23(4)14(17)3)20-18(24)11-16(21(20)25)10-15-6-8-26-9-7-15/h5,12-13,15-16,18,24H,1,6-11H2,2-4H3/b20-19-. The summed E-state index contributed by atoms with van der Waals surface area (Å²) in [6.45, 7) is 9.49. The number of aliphatic hydroxyl groups excluding tert-OH is 1. The Morgan fingerprint density at radius 2 is 2.19 bits per heavy atom. The number of ketones is 1. The van der Waals surface area contributed by atoms with Gasteiger partial charge in [-0.15, -0.1) is 6.58 Å². The van der Waals surface area contributed by atoms with Crippen molar-refractivity contribution in [2.24, 2.45) is 24.8 Å². The van der Waals surface area contributed by atoms with Crippen molar-refractivity contribution in [1.29, 1.82) is 0 Å². The van der Waals surface area contributed by atoms with Crippen molar-refractivity contribution in [3.05, 3.63) is 35.7 Å². The smallest absolute Gasteiger partial charge is 0.164 e. The molecule has 1 aromatic heterocycles. The quantitative estimate of drug-likeness (QED) is 0.649. The number of aromatic nitrogens is 2. The molecule has 1 saturated carbocycles. The first-order chi connectivity index (χ1) is 12.4. The molecule has 0 radical (unpaired) electrons. The first-order valence-electron chi connectivity index (χ1n) is 9.59. The second kappa shape index (κ2) is 7.89. The van der Waals surface area contributed by atoms with Crippen LogP contribution >= 0.6 is 0 Å². The van der Waals surface area contributed by atoms with Crippen molar-refractivity contribution in [2.75, 3.05) is 13.2 Å². The largest absolute Gasteiger partial charge is 0.388 e. The summed E-state index contributed by atoms with van der Waals surface area (Å²) in [5.74, 6) is 0.515. The number of hydrogen-bond donors (Lipinski definition) is 1. The van der Waals surface area contributed by atoms with Gasteiger partial charge >= 0.3 is 0 Å². The Bertz CT molecular complexity index is 713. The summed E-state index contributed by atoms with van der Waals surface area (Å²) in [6.07, 6.45) is 6.32. The monoisotopic (exact) mass is 358 g/mol. The number of carbonyl (C=O) groups is 1. The minimum atomic E-state index is -0.704. The molecule has 142 valence electrons. The maximum Gasteiger partial charge on any atom is 0.164 e. The summed E-state index contributed by atoms with van der Waals surface area (Å²) in [7, 11) is 1.89. The number of allylic oxidation sites excluding steroid dienone is 2. The first-order valence-corrected chi connectivity index (χ1v) is 9.59. The van der Waals surface area contributed by atoms with E-state index >= 15 is 0 Å². The van der Waals surface area contributed by atoms with Crippen LogP contribution in [0.4, 0.5) is 0 Å². The van der Waals surface area contributed by atoms with Gasteiger partial charge in [-0.05, 0) is 50.0 Å². The lowest BCUT2D eigenvalue weighted by atomic mass is 9.85. The van der Waals surface area contributed by atoms with Crippen LogP contribution in [-0.2, 0) is 16.6 Å². The van der Waals surface area contributed by atoms with Gasteiger partial charge in [-0.3, -0.25) is 9.48 Å². The van der Waals surface area contributed by atoms with Gasteiger partial charge in [-0.25, -0.2) is 0 Å². The van der Waals surface area contributed by atoms with Crippen LogP contribution in [-0.4, -0.2) is 40.0 Å². The molecule has 1 aromatic rings. The van der Waals surface area contributed by atoms with E-state index < -0.39 is 6.10 Å². The van der Waals surface area contributed by atoms with Gasteiger partial charge in [0, 0.05) is 43.0 Å². The third-order valence-electron chi connectivity index (χ3n) is 6.06. The first kappa shape index (κ1) is 19.1. The zero-order valence-electron chi connectivity index (χ0n) is 16.1. The van der Waals surface area contributed by atoms with Gasteiger partial charge in [0.15, 0.2) is 5.78 Å². The maximum absolute atomic E-state index is 13.2. The summed E-state index contributed by atoms with van der Waals surface area (Å²) in [5.41, 5.74) is 3.39. The molecule has 1 aliphatic carbocycles. The zero-order valence-corrected chi connectivity index (χ0v) is 16.1. The molecule has 3 unspecified atom stereocenters. The van der Waals surface area contributed by atoms with Gasteiger partial charge in [-0.2, -0.15) is 5.10 Å². The lowest BCUT2D eigenvalue weighted by Gasteiger charge is -2.24. The van der Waals surface area contributed by atoms with Crippen molar-refractivity contribution in [1.82, 2.24) is 9.78 Å². The van der Waals surface area contributed by atoms with Crippen molar-refractivity contribution in [3.8, 4) is 0 Å². The molecule has 0 spiro atoms. The number of carbonyl (C=O) groups excluding carboxylic acids is 1. The van der Waals surface area contributed by atoms with E-state index in [4.69, 9.17) is 4.74 Å². The second-order valence-corrected chi connectivity index (χ2v) is 7.72. The maximum atomic E-state index is 13.2. The molecule has 0 aromatic carbocycles. The third-order valence-corrected chi connectivity index (χ3v) is 6.06. The molecule has 2 fully saturated rings. The van der Waals surface area contributed by atoms with Gasteiger partial charge in [0.25, 0.3) is 0 Å². The van der Waals surface area contributed by atoms with E-state index in [0.717, 1.165) is 49.3 Å². The molecule has 1 N–H and O–H groups in total. The number of nitrogens with zero attached hydrogens (tertiary/aromatic N) is 2. The van der Waals surface area contributed by atoms with Crippen LogP contribution in [0.2, 0.25) is 0 Å². The van der Waals surface area contributed by atoms with Gasteiger partial charge < -0.3 is 9.84 Å². The summed E-state index contributed by atoms with van der Waals surface area (Å²) in [5, 5.41) is 15.1. The fourth-order valence-corrected chi connectivity index (χ4v) is 4.30. The molecule has 0 bridgehead atoms. The highest BCUT2D eigenvalue weighted by molar-refractivity contribution is 6.07. The van der Waals surface area contributed by atoms with Crippen LogP contribution in [0.5, 0.6) is 0 Å². The highest BCUT2D eigenvalue weighted by Crippen LogP contribution is 2.41. The summed E-state index contributed by atoms with van der Waals surface area (Å²) in [4.78, 5) is 13.2. The van der Waals surface area contributed by atoms with Crippen LogP contribution in [0.25, 0.3) is 5.57 Å². The number of aliphatic hydroxyl groups is 1. The lowest BCUT2D eigenvalue weighted by molar-refractivity contribution is -0.118. The Morgan fingerprint density at radius 1 is 1.50 bits per heavy atom. The van der Waals surface area contributed by atoms with Crippen LogP contribution in [0.1, 0.15) is 43.9 Å². The molecule has 5 nitrogen and oxygen atoms in total. The van der Waals surface area contributed by atoms with Crippen LogP contribution in [0.3, 0.4) is 0 Å². The summed E-state index contributed by atoms with van der Waals surface area (Å²) < 4.78 is 7.23. The molecule has 2 heterocycles. The fourth-order valence-electron chi connectivity index (χ4n) is 4.30. The highest BCUT2D eigenvalue weighted by atomic mass is 16.5. The summed E-state index contributed by atoms with van der Waals surface area (Å²) in [6, 6.07) is 0. The van der Waals surface area contributed by atoms with Crippen molar-refractivity contribution in [2.45, 2.75) is 45.6 Å². The van der Waals surface area contributed by atoms with Crippen molar-refractivity contribution < 1.29 is 14.6 Å². The average Bonchev–Trinajstić information content (AvgIpc) is 3.10. The van der Waals surface area contributed by atoms with Gasteiger partial charge in [0.2, 0.25) is 0 Å². The van der Waals surface area contributed by atoms with Crippen LogP contribution in [0.15, 0.2) is 24.4 Å². The molecule has 0 amide bonds. The number of rotatable bonds is 5. The second-order valence-electron chi connectivity index (χ2n) is 7.72. The Kier molecular flexibility index (Phi) is 5.78. The Morgan fingerprint density at radius 3 is 2.77 bits per heavy atom. The van der Waals surface area contributed by atoms with Gasteiger partial charge in [-0.1, -0.05) is 13.0 Å². The molecular weight excluding hydrogens is 328 g/mol. The van der Waals surface area contributed by atoms with E-state index in [9.17, 15) is 9.90 Å². The highest BCUT2D eigenvalue weighted by Gasteiger charge is 2.40. The molecule has 1 aliphatic heterocycles. The van der Waals surface area contributed by atoms with E-state index in [2.05, 4.69) is 11.7 Å². The molecule has 3 rings (SSSR count). The topological polar surface area (TPSA) is 64.3 Å². The number of Topliss-reactive ketones (excluding diaryl/α,β-unsaturated/α-hetero) is 1. The van der Waals surface area contributed by atoms with E-state index in [1.54, 1.807) is 10.9 Å². The number of aryl methyl sites for hydroxylation is 1. The van der Waals surface area contributed by atoms with Crippen molar-refractivity contribution in [3.63, 3.8) is 0 Å². The fraction of sp³-hybridized carbons (Fsp3) is 0.619. The zero-order chi connectivity index (χ0) is 18.8. The minimum absolute atomic E-state index is 0.0201. The Hall–Kier alpha value is -1.72. The molecule has 5 heteroatoms. The van der Waals surface area contributed by atoms with Crippen molar-refractivity contribution >= 4 is 11.4 Å². The van der Waals surface area contributed by atoms with Gasteiger partial charge in [0.1, 0.15) is 0 Å². The minimum Gasteiger partial charge on any atom is -0.388 e. The molecule has 2 aliphatic rings. The van der Waals surface area contributed by atoms with E-state index in [1.807, 2.05) is 27.0 Å². The van der Waals surface area contributed by atoms with Crippen LogP contribution in [0, 0.1) is 24.7 Å². The van der Waals surface area contributed by atoms with E-state index in [1.165, 1.54) is 0 Å². The molecule has 3 atom stereocenters. The Balaban J connectivity index is 1.95.